The minimum Gasteiger partial charge on any atom is -0.298 e. The molecule has 0 N–H and O–H groups in total. The first-order valence-electron chi connectivity index (χ1n) is 7.86. The van der Waals surface area contributed by atoms with Crippen molar-refractivity contribution >= 4 is 48.9 Å². The Kier molecular flexibility index (Phi) is 2.23. The van der Waals surface area contributed by atoms with Crippen LogP contribution in [0.25, 0.3) is 48.1 Å². The van der Waals surface area contributed by atoms with Crippen molar-refractivity contribution in [3.63, 3.8) is 0 Å². The summed E-state index contributed by atoms with van der Waals surface area (Å²) in [4.78, 5) is 11.6. The number of para-hydroxylation sites is 1. The average molecular weight is 325 g/mol. The second-order valence-corrected chi connectivity index (χ2v) is 6.98. The zero-order valence-electron chi connectivity index (χ0n) is 12.6. The summed E-state index contributed by atoms with van der Waals surface area (Å²) in [5.74, 6) is 0. The predicted octanol–water partition coefficient (Wildman–Crippen LogP) is 5.36. The Bertz CT molecular complexity index is 1350. The van der Waals surface area contributed by atoms with Crippen LogP contribution in [0.4, 0.5) is 0 Å². The monoisotopic (exact) mass is 325 g/mol. The number of fused-ring (bicyclic) bond motifs is 6. The van der Waals surface area contributed by atoms with Gasteiger partial charge in [-0.1, -0.05) is 24.3 Å². The van der Waals surface area contributed by atoms with Crippen LogP contribution in [0, 0.1) is 0 Å². The van der Waals surface area contributed by atoms with Crippen LogP contribution in [0.5, 0.6) is 0 Å². The third-order valence-corrected chi connectivity index (χ3v) is 5.81. The lowest BCUT2D eigenvalue weighted by Crippen LogP contribution is -1.78. The van der Waals surface area contributed by atoms with E-state index in [4.69, 9.17) is 0 Å². The molecule has 5 aromatic heterocycles. The Morgan fingerprint density at radius 3 is 2.62 bits per heavy atom. The number of benzene rings is 1. The van der Waals surface area contributed by atoms with Gasteiger partial charge in [-0.15, -0.1) is 11.3 Å². The number of hydrogen-bond donors (Lipinski definition) is 0. The first kappa shape index (κ1) is 12.4. The second-order valence-electron chi connectivity index (χ2n) is 5.95. The van der Waals surface area contributed by atoms with E-state index in [0.29, 0.717) is 0 Å². The first-order chi connectivity index (χ1) is 11.9. The van der Waals surface area contributed by atoms with Crippen molar-refractivity contribution in [3.8, 4) is 10.6 Å². The molecule has 3 nitrogen and oxygen atoms in total. The number of thiophene rings is 1. The molecule has 6 aromatic rings. The lowest BCUT2D eigenvalue weighted by atomic mass is 10.2. The van der Waals surface area contributed by atoms with E-state index in [1.165, 1.54) is 36.9 Å². The highest BCUT2D eigenvalue weighted by Gasteiger charge is 2.20. The molecule has 0 bridgehead atoms. The largest absolute Gasteiger partial charge is 0.298 e. The fourth-order valence-electron chi connectivity index (χ4n) is 3.67. The Labute approximate surface area is 141 Å². The molecule has 4 heteroatoms. The van der Waals surface area contributed by atoms with E-state index < -0.39 is 0 Å². The fraction of sp³-hybridized carbons (Fsp3) is 0. The van der Waals surface area contributed by atoms with Gasteiger partial charge in [0.15, 0.2) is 0 Å². The molecule has 1 aromatic carbocycles. The highest BCUT2D eigenvalue weighted by molar-refractivity contribution is 7.22. The van der Waals surface area contributed by atoms with Crippen LogP contribution in [0.1, 0.15) is 0 Å². The quantitative estimate of drug-likeness (QED) is 0.407. The smallest absolute Gasteiger partial charge is 0.109 e. The fourth-order valence-corrected chi connectivity index (χ4v) is 4.84. The standard InChI is InChI=1S/C20H11N3S/c1-2-7-16-13(5-1)18-19-12(8-10-22-18)14-11-17(24-20(14)23(16)19)15-6-3-4-9-21-15/h1-11H. The Hall–Kier alpha value is -2.98. The van der Waals surface area contributed by atoms with E-state index in [1.54, 1.807) is 11.3 Å². The first-order valence-corrected chi connectivity index (χ1v) is 8.67. The summed E-state index contributed by atoms with van der Waals surface area (Å²) in [7, 11) is 0. The lowest BCUT2D eigenvalue weighted by molar-refractivity contribution is 1.34. The lowest BCUT2D eigenvalue weighted by Gasteiger charge is -1.95. The molecule has 112 valence electrons. The van der Waals surface area contributed by atoms with Crippen molar-refractivity contribution in [3.05, 3.63) is 67.0 Å². The number of hydrogen-bond acceptors (Lipinski definition) is 3. The second kappa shape index (κ2) is 4.30. The van der Waals surface area contributed by atoms with Crippen molar-refractivity contribution in [1.82, 2.24) is 14.4 Å². The molecular formula is C20H11N3S. The summed E-state index contributed by atoms with van der Waals surface area (Å²) in [5, 5.41) is 3.77. The van der Waals surface area contributed by atoms with Crippen LogP contribution in [-0.4, -0.2) is 14.4 Å². The van der Waals surface area contributed by atoms with E-state index >= 15 is 0 Å². The van der Waals surface area contributed by atoms with Gasteiger partial charge in [-0.05, 0) is 30.3 Å². The molecule has 0 saturated carbocycles. The molecule has 0 saturated heterocycles. The Morgan fingerprint density at radius 2 is 1.71 bits per heavy atom. The van der Waals surface area contributed by atoms with Crippen LogP contribution in [0.15, 0.2) is 67.0 Å². The molecule has 0 aliphatic heterocycles. The number of rotatable bonds is 1. The van der Waals surface area contributed by atoms with Gasteiger partial charge in [0.25, 0.3) is 0 Å². The van der Waals surface area contributed by atoms with Crippen LogP contribution >= 0.6 is 11.3 Å². The van der Waals surface area contributed by atoms with E-state index in [2.05, 4.69) is 56.8 Å². The maximum atomic E-state index is 4.65. The minimum absolute atomic E-state index is 1.03. The van der Waals surface area contributed by atoms with Crippen LogP contribution in [0.2, 0.25) is 0 Å². The van der Waals surface area contributed by atoms with Gasteiger partial charge in [0, 0.05) is 28.6 Å². The molecule has 0 spiro atoms. The van der Waals surface area contributed by atoms with E-state index in [9.17, 15) is 0 Å². The van der Waals surface area contributed by atoms with Gasteiger partial charge in [0.2, 0.25) is 0 Å². The van der Waals surface area contributed by atoms with Crippen molar-refractivity contribution in [1.29, 1.82) is 0 Å². The van der Waals surface area contributed by atoms with E-state index in [-0.39, 0.29) is 0 Å². The maximum Gasteiger partial charge on any atom is 0.109 e. The van der Waals surface area contributed by atoms with E-state index in [1.807, 2.05) is 24.5 Å². The number of aromatic nitrogens is 3. The zero-order valence-corrected chi connectivity index (χ0v) is 13.4. The van der Waals surface area contributed by atoms with Gasteiger partial charge >= 0.3 is 0 Å². The number of nitrogens with zero attached hydrogens (tertiary/aromatic N) is 3. The summed E-state index contributed by atoms with van der Waals surface area (Å²) >= 11 is 1.80. The molecule has 24 heavy (non-hydrogen) atoms. The molecule has 0 atom stereocenters. The van der Waals surface area contributed by atoms with Crippen molar-refractivity contribution in [2.75, 3.05) is 0 Å². The third-order valence-electron chi connectivity index (χ3n) is 4.67. The third kappa shape index (κ3) is 1.42. The van der Waals surface area contributed by atoms with E-state index in [0.717, 1.165) is 11.2 Å². The van der Waals surface area contributed by atoms with Crippen molar-refractivity contribution in [2.45, 2.75) is 0 Å². The summed E-state index contributed by atoms with van der Waals surface area (Å²) in [6.45, 7) is 0. The topological polar surface area (TPSA) is 30.2 Å². The Balaban J connectivity index is 1.85. The van der Waals surface area contributed by atoms with Gasteiger partial charge in [-0.3, -0.25) is 14.4 Å². The van der Waals surface area contributed by atoms with Crippen molar-refractivity contribution in [2.24, 2.45) is 0 Å². The molecule has 6 rings (SSSR count). The number of pyridine rings is 2. The Morgan fingerprint density at radius 1 is 0.792 bits per heavy atom. The summed E-state index contributed by atoms with van der Waals surface area (Å²) < 4.78 is 2.36. The molecule has 5 heterocycles. The highest BCUT2D eigenvalue weighted by Crippen LogP contribution is 2.43. The summed E-state index contributed by atoms with van der Waals surface area (Å²) in [6, 6.07) is 18.9. The summed E-state index contributed by atoms with van der Waals surface area (Å²) in [5.41, 5.74) is 4.57. The normalized spacial score (nSPS) is 12.2. The molecule has 0 fully saturated rings. The molecule has 0 unspecified atom stereocenters. The van der Waals surface area contributed by atoms with Gasteiger partial charge in [-0.2, -0.15) is 0 Å². The highest BCUT2D eigenvalue weighted by atomic mass is 32.1. The molecule has 0 aliphatic rings. The molecule has 0 amide bonds. The van der Waals surface area contributed by atoms with Gasteiger partial charge in [0.05, 0.1) is 27.1 Å². The van der Waals surface area contributed by atoms with Crippen molar-refractivity contribution < 1.29 is 0 Å². The van der Waals surface area contributed by atoms with Crippen LogP contribution < -0.4 is 0 Å². The summed E-state index contributed by atoms with van der Waals surface area (Å²) in [6.07, 6.45) is 3.77. The maximum absolute atomic E-state index is 4.65. The minimum atomic E-state index is 1.03. The van der Waals surface area contributed by atoms with Gasteiger partial charge in [-0.25, -0.2) is 0 Å². The average Bonchev–Trinajstić information content (AvgIpc) is 3.29. The van der Waals surface area contributed by atoms with Crippen LogP contribution in [0.3, 0.4) is 0 Å². The zero-order chi connectivity index (χ0) is 15.7. The molecule has 0 radical (unpaired) electrons. The van der Waals surface area contributed by atoms with Gasteiger partial charge in [0.1, 0.15) is 4.83 Å². The molecule has 0 aliphatic carbocycles. The van der Waals surface area contributed by atoms with Gasteiger partial charge < -0.3 is 0 Å². The SMILES string of the molecule is c1ccc(-c2cc3c4ccnc5c6ccccc6n(c3s2)c45)nc1. The molecular weight excluding hydrogens is 314 g/mol. The predicted molar refractivity (Wildman–Crippen MR) is 100 cm³/mol. The van der Waals surface area contributed by atoms with Crippen LogP contribution in [-0.2, 0) is 0 Å².